The number of aromatic nitrogens is 4. The second-order valence-corrected chi connectivity index (χ2v) is 6.34. The van der Waals surface area contributed by atoms with E-state index in [2.05, 4.69) is 25.7 Å². The normalized spacial score (nSPS) is 16.2. The van der Waals surface area contributed by atoms with Crippen LogP contribution in [0.1, 0.15) is 22.0 Å². The third kappa shape index (κ3) is 4.66. The summed E-state index contributed by atoms with van der Waals surface area (Å²) in [6, 6.07) is 9.29. The molecule has 1 aliphatic rings. The van der Waals surface area contributed by atoms with Crippen LogP contribution in [0, 0.1) is 0 Å². The summed E-state index contributed by atoms with van der Waals surface area (Å²) in [5.74, 6) is 0.226. The standard InChI is InChI=1S/C18H17ClN6O2.ClH/c19-18-21-6-5-16(24-18)25-11-13(9-22-25)17(26)23-14-3-1-12(2-4-14)15-10-20-7-8-27-15;/h1-6,9,11,15,20H,7-8,10H2,(H,23,26);1H/t15-;/m1./s1. The molecule has 28 heavy (non-hydrogen) atoms. The van der Waals surface area contributed by atoms with Crippen LogP contribution in [-0.2, 0) is 4.74 Å². The number of halogens is 2. The lowest BCUT2D eigenvalue weighted by Gasteiger charge is -2.24. The average molecular weight is 421 g/mol. The van der Waals surface area contributed by atoms with Crippen molar-refractivity contribution in [1.82, 2.24) is 25.1 Å². The number of nitrogens with zero attached hydrogens (tertiary/aromatic N) is 4. The first-order valence-electron chi connectivity index (χ1n) is 8.46. The molecule has 2 aromatic heterocycles. The molecule has 8 nitrogen and oxygen atoms in total. The number of anilines is 1. The first-order valence-corrected chi connectivity index (χ1v) is 8.84. The van der Waals surface area contributed by atoms with Crippen molar-refractivity contribution in [2.24, 2.45) is 0 Å². The van der Waals surface area contributed by atoms with Crippen molar-refractivity contribution in [2.45, 2.75) is 6.10 Å². The zero-order valence-electron chi connectivity index (χ0n) is 14.7. The van der Waals surface area contributed by atoms with E-state index in [9.17, 15) is 4.79 Å². The summed E-state index contributed by atoms with van der Waals surface area (Å²) >= 11 is 5.78. The Morgan fingerprint density at radius 3 is 2.82 bits per heavy atom. The number of amides is 1. The van der Waals surface area contributed by atoms with Crippen LogP contribution < -0.4 is 10.6 Å². The summed E-state index contributed by atoms with van der Waals surface area (Å²) in [5, 5.41) is 10.4. The molecule has 3 heterocycles. The van der Waals surface area contributed by atoms with Crippen molar-refractivity contribution in [3.05, 3.63) is 65.3 Å². The molecule has 0 unspecified atom stereocenters. The number of hydrogen-bond donors (Lipinski definition) is 2. The van der Waals surface area contributed by atoms with Gasteiger partial charge in [-0.25, -0.2) is 9.67 Å². The summed E-state index contributed by atoms with van der Waals surface area (Å²) in [6.45, 7) is 2.36. The highest BCUT2D eigenvalue weighted by atomic mass is 35.5. The average Bonchev–Trinajstić information content (AvgIpc) is 3.20. The van der Waals surface area contributed by atoms with Crippen molar-refractivity contribution < 1.29 is 9.53 Å². The number of nitrogens with one attached hydrogen (secondary N) is 2. The summed E-state index contributed by atoms with van der Waals surface area (Å²) in [6.07, 6.45) is 4.63. The maximum absolute atomic E-state index is 12.5. The fourth-order valence-electron chi connectivity index (χ4n) is 2.78. The first-order chi connectivity index (χ1) is 13.2. The van der Waals surface area contributed by atoms with Crippen molar-refractivity contribution in [3.8, 4) is 5.82 Å². The molecule has 2 N–H and O–H groups in total. The Balaban J connectivity index is 0.00000225. The molecular weight excluding hydrogens is 403 g/mol. The second kappa shape index (κ2) is 9.11. The molecule has 3 aromatic rings. The molecule has 146 valence electrons. The van der Waals surface area contributed by atoms with Gasteiger partial charge in [0.15, 0.2) is 5.82 Å². The molecule has 0 aliphatic carbocycles. The van der Waals surface area contributed by atoms with E-state index in [0.29, 0.717) is 23.7 Å². The predicted molar refractivity (Wildman–Crippen MR) is 107 cm³/mol. The smallest absolute Gasteiger partial charge is 0.258 e. The Morgan fingerprint density at radius 1 is 1.29 bits per heavy atom. The van der Waals surface area contributed by atoms with E-state index in [1.165, 1.54) is 17.1 Å². The van der Waals surface area contributed by atoms with Gasteiger partial charge in [0.1, 0.15) is 0 Å². The highest BCUT2D eigenvalue weighted by Crippen LogP contribution is 2.21. The van der Waals surface area contributed by atoms with Crippen molar-refractivity contribution in [3.63, 3.8) is 0 Å². The van der Waals surface area contributed by atoms with Crippen LogP contribution in [-0.4, -0.2) is 45.4 Å². The summed E-state index contributed by atoms with van der Waals surface area (Å²) in [4.78, 5) is 20.3. The summed E-state index contributed by atoms with van der Waals surface area (Å²) in [7, 11) is 0. The van der Waals surface area contributed by atoms with Gasteiger partial charge in [0, 0.05) is 37.2 Å². The topological polar surface area (TPSA) is 94.0 Å². The minimum Gasteiger partial charge on any atom is -0.371 e. The maximum Gasteiger partial charge on any atom is 0.258 e. The molecule has 1 fully saturated rings. The van der Waals surface area contributed by atoms with E-state index in [-0.39, 0.29) is 29.7 Å². The van der Waals surface area contributed by atoms with Gasteiger partial charge in [-0.1, -0.05) is 12.1 Å². The zero-order chi connectivity index (χ0) is 18.6. The number of ether oxygens (including phenoxy) is 1. The quantitative estimate of drug-likeness (QED) is 0.630. The van der Waals surface area contributed by atoms with Crippen LogP contribution in [0.4, 0.5) is 5.69 Å². The molecule has 0 bridgehead atoms. The molecule has 1 atom stereocenters. The number of carbonyl (C=O) groups excluding carboxylic acids is 1. The number of carbonyl (C=O) groups is 1. The van der Waals surface area contributed by atoms with E-state index in [4.69, 9.17) is 16.3 Å². The van der Waals surface area contributed by atoms with Gasteiger partial charge in [0.05, 0.1) is 24.5 Å². The van der Waals surface area contributed by atoms with Crippen molar-refractivity contribution in [2.75, 3.05) is 25.0 Å². The molecule has 0 spiro atoms. The number of rotatable bonds is 4. The lowest BCUT2D eigenvalue weighted by Crippen LogP contribution is -2.33. The largest absolute Gasteiger partial charge is 0.371 e. The van der Waals surface area contributed by atoms with Crippen LogP contribution in [0.25, 0.3) is 5.82 Å². The van der Waals surface area contributed by atoms with E-state index >= 15 is 0 Å². The van der Waals surface area contributed by atoms with Crippen LogP contribution >= 0.6 is 24.0 Å². The third-order valence-corrected chi connectivity index (χ3v) is 4.34. The minimum atomic E-state index is -0.260. The van der Waals surface area contributed by atoms with Gasteiger partial charge in [0.25, 0.3) is 5.91 Å². The summed E-state index contributed by atoms with van der Waals surface area (Å²) in [5.41, 5.74) is 2.19. The Hall–Kier alpha value is -2.52. The zero-order valence-corrected chi connectivity index (χ0v) is 16.3. The van der Waals surface area contributed by atoms with Crippen molar-refractivity contribution in [1.29, 1.82) is 0 Å². The van der Waals surface area contributed by atoms with E-state index < -0.39 is 0 Å². The van der Waals surface area contributed by atoms with E-state index in [1.807, 2.05) is 24.3 Å². The molecule has 1 aliphatic heterocycles. The van der Waals surface area contributed by atoms with Crippen LogP contribution in [0.15, 0.2) is 48.9 Å². The van der Waals surface area contributed by atoms with Crippen LogP contribution in [0.3, 0.4) is 0 Å². The Bertz CT molecular complexity index is 941. The maximum atomic E-state index is 12.5. The number of morpholine rings is 1. The van der Waals surface area contributed by atoms with E-state index in [0.717, 1.165) is 18.7 Å². The van der Waals surface area contributed by atoms with E-state index in [1.54, 1.807) is 12.3 Å². The lowest BCUT2D eigenvalue weighted by atomic mass is 10.1. The fraction of sp³-hybridized carbons (Fsp3) is 0.222. The molecular formula is C18H18Cl2N6O2. The van der Waals surface area contributed by atoms with Crippen LogP contribution in [0.5, 0.6) is 0 Å². The molecule has 1 saturated heterocycles. The summed E-state index contributed by atoms with van der Waals surface area (Å²) < 4.78 is 7.20. The number of hydrogen-bond acceptors (Lipinski definition) is 6. The Kier molecular flexibility index (Phi) is 6.58. The van der Waals surface area contributed by atoms with Crippen LogP contribution in [0.2, 0.25) is 5.28 Å². The van der Waals surface area contributed by atoms with Gasteiger partial charge < -0.3 is 15.4 Å². The predicted octanol–water partition coefficient (Wildman–Crippen LogP) is 2.65. The second-order valence-electron chi connectivity index (χ2n) is 6.00. The number of benzene rings is 1. The lowest BCUT2D eigenvalue weighted by molar-refractivity contribution is 0.0277. The molecule has 4 rings (SSSR count). The molecule has 1 aromatic carbocycles. The highest BCUT2D eigenvalue weighted by Gasteiger charge is 2.16. The van der Waals surface area contributed by atoms with Gasteiger partial charge in [-0.15, -0.1) is 12.4 Å². The fourth-order valence-corrected chi connectivity index (χ4v) is 2.93. The van der Waals surface area contributed by atoms with Crippen molar-refractivity contribution >= 4 is 35.6 Å². The first kappa shape index (κ1) is 20.2. The monoisotopic (exact) mass is 420 g/mol. The minimum absolute atomic E-state index is 0. The Labute approximate surface area is 172 Å². The Morgan fingerprint density at radius 2 is 2.11 bits per heavy atom. The SMILES string of the molecule is Cl.O=C(Nc1ccc([C@H]2CNCCO2)cc1)c1cnn(-c2ccnc(Cl)n2)c1. The highest BCUT2D eigenvalue weighted by molar-refractivity contribution is 6.28. The molecule has 0 radical (unpaired) electrons. The third-order valence-electron chi connectivity index (χ3n) is 4.16. The van der Waals surface area contributed by atoms with Gasteiger partial charge in [0.2, 0.25) is 5.28 Å². The van der Waals surface area contributed by atoms with Gasteiger partial charge >= 0.3 is 0 Å². The molecule has 1 amide bonds. The van der Waals surface area contributed by atoms with Gasteiger partial charge in [-0.3, -0.25) is 4.79 Å². The van der Waals surface area contributed by atoms with Gasteiger partial charge in [-0.2, -0.15) is 10.1 Å². The molecule has 10 heteroatoms. The van der Waals surface area contributed by atoms with Gasteiger partial charge in [-0.05, 0) is 29.3 Å². The molecule has 0 saturated carbocycles.